The SMILES string of the molecule is CCCNc1ccc([N+](=O)[O-])c(Cc2ccncc2)n1. The van der Waals surface area contributed by atoms with Crippen molar-refractivity contribution >= 4 is 11.5 Å². The molecule has 0 fully saturated rings. The van der Waals surface area contributed by atoms with E-state index < -0.39 is 4.92 Å². The molecule has 0 saturated heterocycles. The summed E-state index contributed by atoms with van der Waals surface area (Å²) < 4.78 is 0. The summed E-state index contributed by atoms with van der Waals surface area (Å²) in [4.78, 5) is 19.0. The van der Waals surface area contributed by atoms with Crippen molar-refractivity contribution in [3.05, 3.63) is 58.0 Å². The van der Waals surface area contributed by atoms with Gasteiger partial charge in [0.15, 0.2) is 0 Å². The van der Waals surface area contributed by atoms with Crippen molar-refractivity contribution in [2.45, 2.75) is 19.8 Å². The summed E-state index contributed by atoms with van der Waals surface area (Å²) in [7, 11) is 0. The van der Waals surface area contributed by atoms with Gasteiger partial charge in [0, 0.05) is 31.4 Å². The number of nitrogens with zero attached hydrogens (tertiary/aromatic N) is 3. The Morgan fingerprint density at radius 2 is 2.00 bits per heavy atom. The van der Waals surface area contributed by atoms with Crippen molar-refractivity contribution < 1.29 is 4.92 Å². The van der Waals surface area contributed by atoms with Gasteiger partial charge in [0.05, 0.1) is 4.92 Å². The molecule has 2 heterocycles. The summed E-state index contributed by atoms with van der Waals surface area (Å²) in [5.74, 6) is 0.668. The van der Waals surface area contributed by atoms with E-state index in [1.165, 1.54) is 6.07 Å². The molecular formula is C14H16N4O2. The first-order valence-corrected chi connectivity index (χ1v) is 6.47. The van der Waals surface area contributed by atoms with Crippen LogP contribution < -0.4 is 5.32 Å². The zero-order valence-corrected chi connectivity index (χ0v) is 11.2. The molecule has 0 aliphatic rings. The minimum atomic E-state index is -0.396. The maximum absolute atomic E-state index is 11.1. The summed E-state index contributed by atoms with van der Waals surface area (Å²) in [5.41, 5.74) is 1.45. The van der Waals surface area contributed by atoms with Crippen molar-refractivity contribution in [3.8, 4) is 0 Å². The zero-order valence-electron chi connectivity index (χ0n) is 11.2. The topological polar surface area (TPSA) is 81.0 Å². The lowest BCUT2D eigenvalue weighted by Crippen LogP contribution is -2.06. The van der Waals surface area contributed by atoms with Crippen LogP contribution in [0, 0.1) is 10.1 Å². The summed E-state index contributed by atoms with van der Waals surface area (Å²) in [6.07, 6.45) is 4.72. The second-order valence-electron chi connectivity index (χ2n) is 4.38. The van der Waals surface area contributed by atoms with Crippen molar-refractivity contribution in [1.82, 2.24) is 9.97 Å². The Balaban J connectivity index is 2.29. The normalized spacial score (nSPS) is 10.2. The molecular weight excluding hydrogens is 256 g/mol. The van der Waals surface area contributed by atoms with Crippen LogP contribution in [0.2, 0.25) is 0 Å². The zero-order chi connectivity index (χ0) is 14.4. The number of rotatable bonds is 6. The lowest BCUT2D eigenvalue weighted by molar-refractivity contribution is -0.385. The number of anilines is 1. The number of hydrogen-bond acceptors (Lipinski definition) is 5. The van der Waals surface area contributed by atoms with E-state index in [0.717, 1.165) is 18.5 Å². The van der Waals surface area contributed by atoms with Gasteiger partial charge in [0.1, 0.15) is 11.5 Å². The van der Waals surface area contributed by atoms with Crippen LogP contribution in [-0.2, 0) is 6.42 Å². The van der Waals surface area contributed by atoms with Gasteiger partial charge in [-0.3, -0.25) is 15.1 Å². The van der Waals surface area contributed by atoms with Crippen LogP contribution in [0.5, 0.6) is 0 Å². The molecule has 2 rings (SSSR count). The monoisotopic (exact) mass is 272 g/mol. The minimum absolute atomic E-state index is 0.0452. The summed E-state index contributed by atoms with van der Waals surface area (Å²) in [6.45, 7) is 2.84. The number of pyridine rings is 2. The lowest BCUT2D eigenvalue weighted by atomic mass is 10.1. The van der Waals surface area contributed by atoms with Crippen LogP contribution in [0.1, 0.15) is 24.6 Å². The van der Waals surface area contributed by atoms with Crippen LogP contribution in [0.3, 0.4) is 0 Å². The molecule has 0 spiro atoms. The highest BCUT2D eigenvalue weighted by Gasteiger charge is 2.16. The van der Waals surface area contributed by atoms with E-state index in [2.05, 4.69) is 22.2 Å². The van der Waals surface area contributed by atoms with Crippen LogP contribution in [0.15, 0.2) is 36.7 Å². The molecule has 0 bridgehead atoms. The van der Waals surface area contributed by atoms with Crippen LogP contribution in [-0.4, -0.2) is 21.4 Å². The molecule has 1 N–H and O–H groups in total. The lowest BCUT2D eigenvalue weighted by Gasteiger charge is -2.07. The van der Waals surface area contributed by atoms with E-state index in [0.29, 0.717) is 17.9 Å². The predicted octanol–water partition coefficient (Wildman–Crippen LogP) is 2.80. The van der Waals surface area contributed by atoms with Gasteiger partial charge in [-0.2, -0.15) is 0 Å². The van der Waals surface area contributed by atoms with E-state index in [1.54, 1.807) is 18.5 Å². The van der Waals surface area contributed by atoms with Gasteiger partial charge in [-0.25, -0.2) is 4.98 Å². The van der Waals surface area contributed by atoms with Gasteiger partial charge < -0.3 is 5.32 Å². The van der Waals surface area contributed by atoms with Gasteiger partial charge in [-0.05, 0) is 30.2 Å². The van der Waals surface area contributed by atoms with E-state index >= 15 is 0 Å². The first kappa shape index (κ1) is 13.9. The Bertz CT molecular complexity index is 587. The molecule has 0 radical (unpaired) electrons. The quantitative estimate of drug-likeness (QED) is 0.646. The number of aromatic nitrogens is 2. The molecule has 0 atom stereocenters. The Labute approximate surface area is 117 Å². The van der Waals surface area contributed by atoms with E-state index in [-0.39, 0.29) is 5.69 Å². The van der Waals surface area contributed by atoms with Gasteiger partial charge in [-0.15, -0.1) is 0 Å². The predicted molar refractivity (Wildman–Crippen MR) is 76.7 cm³/mol. The Morgan fingerprint density at radius 3 is 2.65 bits per heavy atom. The van der Waals surface area contributed by atoms with E-state index in [1.807, 2.05) is 12.1 Å². The molecule has 0 amide bonds. The smallest absolute Gasteiger partial charge is 0.291 e. The summed E-state index contributed by atoms with van der Waals surface area (Å²) in [6, 6.07) is 6.81. The van der Waals surface area contributed by atoms with Crippen LogP contribution >= 0.6 is 0 Å². The molecule has 104 valence electrons. The summed E-state index contributed by atoms with van der Waals surface area (Å²) >= 11 is 0. The molecule has 0 saturated carbocycles. The molecule has 0 aliphatic heterocycles. The van der Waals surface area contributed by atoms with Crippen LogP contribution in [0.4, 0.5) is 11.5 Å². The molecule has 2 aromatic heterocycles. The van der Waals surface area contributed by atoms with Gasteiger partial charge in [0.2, 0.25) is 0 Å². The molecule has 6 heteroatoms. The summed E-state index contributed by atoms with van der Waals surface area (Å²) in [5, 5.41) is 14.2. The van der Waals surface area contributed by atoms with Crippen molar-refractivity contribution in [1.29, 1.82) is 0 Å². The fourth-order valence-electron chi connectivity index (χ4n) is 1.84. The largest absolute Gasteiger partial charge is 0.370 e. The van der Waals surface area contributed by atoms with E-state index in [9.17, 15) is 10.1 Å². The maximum Gasteiger partial charge on any atom is 0.291 e. The molecule has 0 aliphatic carbocycles. The third-order valence-electron chi connectivity index (χ3n) is 2.82. The Hall–Kier alpha value is -2.50. The Morgan fingerprint density at radius 1 is 1.25 bits per heavy atom. The molecule has 2 aromatic rings. The molecule has 0 unspecified atom stereocenters. The molecule has 20 heavy (non-hydrogen) atoms. The van der Waals surface area contributed by atoms with Gasteiger partial charge >= 0.3 is 0 Å². The van der Waals surface area contributed by atoms with Crippen LogP contribution in [0.25, 0.3) is 0 Å². The average molecular weight is 272 g/mol. The van der Waals surface area contributed by atoms with Crippen molar-refractivity contribution in [2.24, 2.45) is 0 Å². The minimum Gasteiger partial charge on any atom is -0.370 e. The number of nitrogens with one attached hydrogen (secondary N) is 1. The Kier molecular flexibility index (Phi) is 4.60. The highest BCUT2D eigenvalue weighted by Crippen LogP contribution is 2.21. The van der Waals surface area contributed by atoms with Crippen molar-refractivity contribution in [3.63, 3.8) is 0 Å². The van der Waals surface area contributed by atoms with Gasteiger partial charge in [-0.1, -0.05) is 6.92 Å². The maximum atomic E-state index is 11.1. The third kappa shape index (κ3) is 3.50. The fraction of sp³-hybridized carbons (Fsp3) is 0.286. The fourth-order valence-corrected chi connectivity index (χ4v) is 1.84. The standard InChI is InChI=1S/C14H16N4O2/c1-2-7-16-14-4-3-13(18(19)20)12(17-14)10-11-5-8-15-9-6-11/h3-6,8-9H,2,7,10H2,1H3,(H,16,17). The number of nitro groups is 1. The first-order chi connectivity index (χ1) is 9.70. The number of hydrogen-bond donors (Lipinski definition) is 1. The highest BCUT2D eigenvalue weighted by molar-refractivity contribution is 5.46. The van der Waals surface area contributed by atoms with Crippen molar-refractivity contribution in [2.75, 3.05) is 11.9 Å². The molecule has 0 aromatic carbocycles. The molecule has 6 nitrogen and oxygen atoms in total. The van der Waals surface area contributed by atoms with E-state index in [4.69, 9.17) is 0 Å². The average Bonchev–Trinajstić information content (AvgIpc) is 2.46. The first-order valence-electron chi connectivity index (χ1n) is 6.47. The van der Waals surface area contributed by atoms with Gasteiger partial charge in [0.25, 0.3) is 5.69 Å². The highest BCUT2D eigenvalue weighted by atomic mass is 16.6. The third-order valence-corrected chi connectivity index (χ3v) is 2.82. The second kappa shape index (κ2) is 6.60. The second-order valence-corrected chi connectivity index (χ2v) is 4.38.